The third-order valence-electron chi connectivity index (χ3n) is 12.8. The fourth-order valence-corrected chi connectivity index (χ4v) is 10.8. The molecule has 0 unspecified atom stereocenters. The molecular formula is C56H47BN2S. The maximum atomic E-state index is 2.63. The van der Waals surface area contributed by atoms with Crippen molar-refractivity contribution in [2.75, 3.05) is 9.71 Å². The van der Waals surface area contributed by atoms with Gasteiger partial charge in [-0.3, -0.25) is 0 Å². The molecule has 1 aromatic heterocycles. The first kappa shape index (κ1) is 36.7. The first-order chi connectivity index (χ1) is 29.0. The van der Waals surface area contributed by atoms with E-state index >= 15 is 0 Å². The van der Waals surface area contributed by atoms with Crippen molar-refractivity contribution in [2.45, 2.75) is 52.4 Å². The van der Waals surface area contributed by atoms with E-state index in [4.69, 9.17) is 0 Å². The van der Waals surface area contributed by atoms with E-state index in [0.717, 1.165) is 0 Å². The van der Waals surface area contributed by atoms with Crippen molar-refractivity contribution in [1.29, 1.82) is 0 Å². The van der Waals surface area contributed by atoms with E-state index in [2.05, 4.69) is 227 Å². The van der Waals surface area contributed by atoms with Gasteiger partial charge in [-0.05, 0) is 110 Å². The highest BCUT2D eigenvalue weighted by Crippen LogP contribution is 2.51. The van der Waals surface area contributed by atoms with Crippen molar-refractivity contribution in [3.8, 4) is 33.4 Å². The second-order valence-corrected chi connectivity index (χ2v) is 19.7. The van der Waals surface area contributed by atoms with Gasteiger partial charge < -0.3 is 9.71 Å². The predicted octanol–water partition coefficient (Wildman–Crippen LogP) is 14.7. The maximum Gasteiger partial charge on any atom is 0.333 e. The lowest BCUT2D eigenvalue weighted by atomic mass is 9.43. The molecular weight excluding hydrogens is 744 g/mol. The summed E-state index contributed by atoms with van der Waals surface area (Å²) >= 11 is 1.89. The number of rotatable bonds is 4. The van der Waals surface area contributed by atoms with E-state index in [1.54, 1.807) is 0 Å². The quantitative estimate of drug-likeness (QED) is 0.164. The molecule has 60 heavy (non-hydrogen) atoms. The van der Waals surface area contributed by atoms with Crippen LogP contribution in [0.2, 0.25) is 0 Å². The van der Waals surface area contributed by atoms with Crippen LogP contribution in [0.4, 0.5) is 28.4 Å². The molecule has 9 aromatic rings. The molecule has 3 heterocycles. The Labute approximate surface area is 358 Å². The van der Waals surface area contributed by atoms with Gasteiger partial charge >= 0.3 is 6.85 Å². The van der Waals surface area contributed by atoms with Crippen molar-refractivity contribution in [2.24, 2.45) is 0 Å². The van der Waals surface area contributed by atoms with Crippen molar-refractivity contribution in [3.05, 3.63) is 187 Å². The highest BCUT2D eigenvalue weighted by molar-refractivity contribution is 7.26. The Bertz CT molecular complexity index is 3110. The first-order valence-corrected chi connectivity index (χ1v) is 22.0. The Morgan fingerprint density at radius 1 is 0.417 bits per heavy atom. The topological polar surface area (TPSA) is 6.48 Å². The van der Waals surface area contributed by atoms with Crippen LogP contribution in [-0.4, -0.2) is 6.85 Å². The third kappa shape index (κ3) is 5.84. The Balaban J connectivity index is 1.29. The number of hydrogen-bond acceptors (Lipinski definition) is 3. The Morgan fingerprint density at radius 2 is 1.07 bits per heavy atom. The summed E-state index contributed by atoms with van der Waals surface area (Å²) in [7, 11) is 0. The van der Waals surface area contributed by atoms with Gasteiger partial charge in [0.2, 0.25) is 0 Å². The fraction of sp³-hybridized carbons (Fsp3) is 0.143. The molecule has 8 aromatic carbocycles. The van der Waals surface area contributed by atoms with Crippen molar-refractivity contribution >= 4 is 77.7 Å². The highest BCUT2D eigenvalue weighted by Gasteiger charge is 2.46. The minimum absolute atomic E-state index is 0.0185. The van der Waals surface area contributed by atoms with Crippen LogP contribution in [0.3, 0.4) is 0 Å². The Kier molecular flexibility index (Phi) is 8.31. The average Bonchev–Trinajstić information content (AvgIpc) is 3.63. The van der Waals surface area contributed by atoms with Gasteiger partial charge in [0, 0.05) is 54.0 Å². The molecule has 0 fully saturated rings. The molecule has 11 rings (SSSR count). The van der Waals surface area contributed by atoms with Gasteiger partial charge in [-0.1, -0.05) is 163 Å². The number of para-hydroxylation sites is 1. The summed E-state index contributed by atoms with van der Waals surface area (Å²) in [6.07, 6.45) is 0. The monoisotopic (exact) mass is 790 g/mol. The molecule has 0 atom stereocenters. The fourth-order valence-electron chi connectivity index (χ4n) is 9.64. The summed E-state index contributed by atoms with van der Waals surface area (Å²) in [5, 5.41) is 2.63. The van der Waals surface area contributed by atoms with Gasteiger partial charge in [0.15, 0.2) is 0 Å². The average molecular weight is 791 g/mol. The molecule has 0 amide bonds. The van der Waals surface area contributed by atoms with Crippen LogP contribution in [0.5, 0.6) is 0 Å². The van der Waals surface area contributed by atoms with Crippen LogP contribution < -0.4 is 20.6 Å². The number of fused-ring (bicyclic) bond motifs is 7. The number of anilines is 5. The van der Waals surface area contributed by atoms with Gasteiger partial charge in [-0.2, -0.15) is 0 Å². The normalized spacial score (nSPS) is 13.4. The van der Waals surface area contributed by atoms with Crippen LogP contribution in [0.1, 0.15) is 52.7 Å². The van der Waals surface area contributed by atoms with Crippen LogP contribution in [0, 0.1) is 0 Å². The van der Waals surface area contributed by atoms with Crippen LogP contribution >= 0.6 is 11.3 Å². The van der Waals surface area contributed by atoms with Gasteiger partial charge in [0.05, 0.1) is 5.69 Å². The lowest BCUT2D eigenvalue weighted by molar-refractivity contribution is 0.590. The van der Waals surface area contributed by atoms with Crippen LogP contribution in [-0.2, 0) is 10.8 Å². The SMILES string of the molecule is CC(C)(C)c1ccc(N2B3c4cc5c(cc4N(c4ccc(C(C)(C)C)cc4-c4ccccc4)c4cc(-c6ccccc6)cc(c43)-c3ccccc32)sc2ccccc25)cc1. The summed E-state index contributed by atoms with van der Waals surface area (Å²) in [6, 6.07) is 66.4. The predicted molar refractivity (Wildman–Crippen MR) is 261 cm³/mol. The molecule has 2 aliphatic heterocycles. The smallest absolute Gasteiger partial charge is 0.333 e. The second-order valence-electron chi connectivity index (χ2n) is 18.6. The maximum absolute atomic E-state index is 2.63. The van der Waals surface area contributed by atoms with E-state index in [1.165, 1.54) is 104 Å². The number of thiophene rings is 1. The van der Waals surface area contributed by atoms with E-state index < -0.39 is 0 Å². The zero-order chi connectivity index (χ0) is 40.9. The van der Waals surface area contributed by atoms with E-state index in [0.29, 0.717) is 0 Å². The summed E-state index contributed by atoms with van der Waals surface area (Å²) < 4.78 is 2.61. The molecule has 0 saturated heterocycles. The molecule has 0 spiro atoms. The van der Waals surface area contributed by atoms with E-state index in [-0.39, 0.29) is 17.7 Å². The molecule has 0 bridgehead atoms. The first-order valence-electron chi connectivity index (χ1n) is 21.2. The van der Waals surface area contributed by atoms with Crippen molar-refractivity contribution in [3.63, 3.8) is 0 Å². The summed E-state index contributed by atoms with van der Waals surface area (Å²) in [5.41, 5.74) is 18.8. The molecule has 0 radical (unpaired) electrons. The highest BCUT2D eigenvalue weighted by atomic mass is 32.1. The zero-order valence-electron chi connectivity index (χ0n) is 35.1. The molecule has 0 N–H and O–H groups in total. The standard InChI is InChI=1S/C56H47BN2S/c1-55(2,3)39-25-28-41(29-26-39)59-49-23-15-13-21-42(49)46-31-38(36-17-9-7-10-18-36)32-51-54(46)57(59)47-34-45-43-22-14-16-24-52(43)60-53(45)35-50(47)58(51)48-30-27-40(56(4,5)6)33-44(48)37-19-11-8-12-20-37/h7-35H,1-6H3. The second kappa shape index (κ2) is 13.6. The molecule has 0 saturated carbocycles. The van der Waals surface area contributed by atoms with Gasteiger partial charge in [-0.15, -0.1) is 11.3 Å². The lowest BCUT2D eigenvalue weighted by Crippen LogP contribution is -2.61. The van der Waals surface area contributed by atoms with Gasteiger partial charge in [-0.25, -0.2) is 0 Å². The molecule has 0 aliphatic carbocycles. The van der Waals surface area contributed by atoms with Gasteiger partial charge in [0.25, 0.3) is 0 Å². The van der Waals surface area contributed by atoms with E-state index in [9.17, 15) is 0 Å². The van der Waals surface area contributed by atoms with Gasteiger partial charge in [0.1, 0.15) is 0 Å². The number of hydrogen-bond donors (Lipinski definition) is 0. The van der Waals surface area contributed by atoms with Crippen LogP contribution in [0.25, 0.3) is 53.6 Å². The number of benzene rings is 8. The van der Waals surface area contributed by atoms with Crippen molar-refractivity contribution in [1.82, 2.24) is 0 Å². The molecule has 2 aliphatic rings. The molecule has 4 heteroatoms. The van der Waals surface area contributed by atoms with E-state index in [1.807, 2.05) is 11.3 Å². The van der Waals surface area contributed by atoms with Crippen LogP contribution in [0.15, 0.2) is 176 Å². The number of nitrogens with zero attached hydrogens (tertiary/aromatic N) is 2. The largest absolute Gasteiger partial charge is 0.376 e. The third-order valence-corrected chi connectivity index (χ3v) is 13.9. The lowest BCUT2D eigenvalue weighted by Gasteiger charge is -2.46. The molecule has 290 valence electrons. The summed E-state index contributed by atoms with van der Waals surface area (Å²) in [5.74, 6) is 0. The zero-order valence-corrected chi connectivity index (χ0v) is 35.9. The Morgan fingerprint density at radius 3 is 1.80 bits per heavy atom. The minimum atomic E-state index is -0.0847. The Hall–Kier alpha value is -6.36. The summed E-state index contributed by atoms with van der Waals surface area (Å²) in [6.45, 7) is 13.8. The van der Waals surface area contributed by atoms with Crippen molar-refractivity contribution < 1.29 is 0 Å². The minimum Gasteiger partial charge on any atom is -0.376 e. The molecule has 2 nitrogen and oxygen atoms in total. The summed E-state index contributed by atoms with van der Waals surface area (Å²) in [4.78, 5) is 5.25.